The maximum Gasteiger partial charge on any atom is 0.338 e. The van der Waals surface area contributed by atoms with E-state index in [1.54, 1.807) is 11.8 Å². The van der Waals surface area contributed by atoms with Crippen LogP contribution in [0.2, 0.25) is 0 Å². The number of hydrogen-bond acceptors (Lipinski definition) is 7. The number of urea groups is 1. The Labute approximate surface area is 199 Å². The minimum absolute atomic E-state index is 0.00151. The van der Waals surface area contributed by atoms with Gasteiger partial charge in [0, 0.05) is 51.4 Å². The van der Waals surface area contributed by atoms with Crippen molar-refractivity contribution in [3.8, 4) is 0 Å². The van der Waals surface area contributed by atoms with Crippen LogP contribution in [0.4, 0.5) is 4.79 Å². The highest BCUT2D eigenvalue weighted by Crippen LogP contribution is 2.29. The van der Waals surface area contributed by atoms with Gasteiger partial charge < -0.3 is 24.4 Å². The fourth-order valence-corrected chi connectivity index (χ4v) is 5.29. The zero-order chi connectivity index (χ0) is 24.4. The zero-order valence-corrected chi connectivity index (χ0v) is 20.1. The number of carbonyl (C=O) groups is 3. The summed E-state index contributed by atoms with van der Waals surface area (Å²) in [6, 6.07) is 4.19. The van der Waals surface area contributed by atoms with Crippen LogP contribution in [-0.2, 0) is 27.3 Å². The summed E-state index contributed by atoms with van der Waals surface area (Å²) >= 11 is 0. The first-order valence-corrected chi connectivity index (χ1v) is 11.8. The van der Waals surface area contributed by atoms with E-state index in [1.165, 1.54) is 11.1 Å². The number of cyclic esters (lactones) is 2. The number of ether oxygens (including phenoxy) is 2. The highest BCUT2D eigenvalue weighted by molar-refractivity contribution is 5.94. The third kappa shape index (κ3) is 4.42. The molecule has 0 saturated carbocycles. The average Bonchev–Trinajstić information content (AvgIpc) is 3.53. The van der Waals surface area contributed by atoms with Crippen molar-refractivity contribution in [3.63, 3.8) is 0 Å². The molecule has 0 radical (unpaired) electrons. The second-order valence-corrected chi connectivity index (χ2v) is 9.05. The molecule has 34 heavy (non-hydrogen) atoms. The maximum atomic E-state index is 13.0. The molecule has 4 aliphatic rings. The van der Waals surface area contributed by atoms with E-state index >= 15 is 0 Å². The fraction of sp³-hybridized carbons (Fsp3) is 0.560. The van der Waals surface area contributed by atoms with Gasteiger partial charge in [-0.1, -0.05) is 6.07 Å². The molecule has 0 spiro atoms. The predicted octanol–water partition coefficient (Wildman–Crippen LogP) is 1.85. The standard InChI is InChI=1S/C24H29N3O5.CH4O/c1-15-17(3-4-19-20(15)13-31-23(19)29)5-8-25-9-6-18(7-10-25)26-11-12-27(24(26)30)21-14-32-22(28)16(21)2;1-2/h3-4,18H,5-14H2,1-2H3;2H,1H3. The molecular formula is C25H33N3O6. The van der Waals surface area contributed by atoms with E-state index in [0.29, 0.717) is 30.8 Å². The van der Waals surface area contributed by atoms with Crippen LogP contribution in [0.25, 0.3) is 0 Å². The molecule has 0 aliphatic carbocycles. The molecule has 2 saturated heterocycles. The van der Waals surface area contributed by atoms with Crippen LogP contribution >= 0.6 is 0 Å². The van der Waals surface area contributed by atoms with Gasteiger partial charge >= 0.3 is 18.0 Å². The summed E-state index contributed by atoms with van der Waals surface area (Å²) < 4.78 is 10.2. The van der Waals surface area contributed by atoms with Gasteiger partial charge in [0.05, 0.1) is 16.8 Å². The Balaban J connectivity index is 0.00000133. The van der Waals surface area contributed by atoms with Gasteiger partial charge in [0.1, 0.15) is 13.2 Å². The van der Waals surface area contributed by atoms with Gasteiger partial charge in [0.25, 0.3) is 0 Å². The molecule has 2 fully saturated rings. The number of likely N-dealkylation sites (tertiary alicyclic amines) is 1. The molecule has 9 heteroatoms. The Kier molecular flexibility index (Phi) is 7.23. The van der Waals surface area contributed by atoms with Crippen molar-refractivity contribution in [2.75, 3.05) is 46.4 Å². The number of aliphatic hydroxyl groups excluding tert-OH is 1. The monoisotopic (exact) mass is 471 g/mol. The highest BCUT2D eigenvalue weighted by Gasteiger charge is 2.39. The van der Waals surface area contributed by atoms with E-state index in [4.69, 9.17) is 14.6 Å². The lowest BCUT2D eigenvalue weighted by Crippen LogP contribution is -2.46. The molecule has 2 amide bonds. The first kappa shape index (κ1) is 24.2. The minimum atomic E-state index is -0.322. The van der Waals surface area contributed by atoms with Gasteiger partial charge in [-0.2, -0.15) is 0 Å². The molecule has 4 aliphatic heterocycles. The Bertz CT molecular complexity index is 1010. The second-order valence-electron chi connectivity index (χ2n) is 9.05. The van der Waals surface area contributed by atoms with E-state index < -0.39 is 0 Å². The molecule has 5 rings (SSSR count). The number of esters is 2. The van der Waals surface area contributed by atoms with Crippen LogP contribution in [0.3, 0.4) is 0 Å². The summed E-state index contributed by atoms with van der Waals surface area (Å²) in [5, 5.41) is 7.00. The van der Waals surface area contributed by atoms with Gasteiger partial charge in [-0.3, -0.25) is 4.90 Å². The van der Waals surface area contributed by atoms with E-state index in [-0.39, 0.29) is 30.6 Å². The van der Waals surface area contributed by atoms with Gasteiger partial charge in [0.15, 0.2) is 0 Å². The number of aliphatic hydroxyl groups is 1. The molecule has 1 aromatic rings. The Morgan fingerprint density at radius 2 is 1.65 bits per heavy atom. The van der Waals surface area contributed by atoms with E-state index in [0.717, 1.165) is 57.3 Å². The topological polar surface area (TPSA) is 99.6 Å². The molecule has 0 bridgehead atoms. The normalized spacial score (nSPS) is 21.0. The average molecular weight is 472 g/mol. The van der Waals surface area contributed by atoms with E-state index in [1.807, 2.05) is 11.0 Å². The molecule has 184 valence electrons. The molecule has 0 aromatic heterocycles. The van der Waals surface area contributed by atoms with Crippen LogP contribution in [-0.4, -0.2) is 90.3 Å². The van der Waals surface area contributed by atoms with Crippen LogP contribution in [0.5, 0.6) is 0 Å². The van der Waals surface area contributed by atoms with Crippen LogP contribution < -0.4 is 0 Å². The van der Waals surface area contributed by atoms with Crippen molar-refractivity contribution in [2.45, 2.75) is 45.8 Å². The number of rotatable bonds is 5. The molecular weight excluding hydrogens is 438 g/mol. The van der Waals surface area contributed by atoms with Crippen LogP contribution in [0.15, 0.2) is 23.4 Å². The summed E-state index contributed by atoms with van der Waals surface area (Å²) in [7, 11) is 1.00. The van der Waals surface area contributed by atoms with E-state index in [2.05, 4.69) is 17.9 Å². The van der Waals surface area contributed by atoms with Crippen LogP contribution in [0.1, 0.15) is 46.8 Å². The number of piperidine rings is 1. The number of carbonyl (C=O) groups excluding carboxylic acids is 3. The Hall–Kier alpha value is -2.91. The van der Waals surface area contributed by atoms with Crippen molar-refractivity contribution in [3.05, 3.63) is 45.7 Å². The minimum Gasteiger partial charge on any atom is -0.457 e. The highest BCUT2D eigenvalue weighted by atomic mass is 16.5. The number of benzene rings is 1. The first-order chi connectivity index (χ1) is 16.4. The molecule has 4 heterocycles. The van der Waals surface area contributed by atoms with Gasteiger partial charge in [-0.15, -0.1) is 0 Å². The Morgan fingerprint density at radius 3 is 2.32 bits per heavy atom. The smallest absolute Gasteiger partial charge is 0.338 e. The van der Waals surface area contributed by atoms with Gasteiger partial charge in [-0.25, -0.2) is 14.4 Å². The second kappa shape index (κ2) is 10.1. The largest absolute Gasteiger partial charge is 0.457 e. The van der Waals surface area contributed by atoms with Crippen molar-refractivity contribution in [2.24, 2.45) is 0 Å². The lowest BCUT2D eigenvalue weighted by atomic mass is 9.96. The number of fused-ring (bicyclic) bond motifs is 1. The third-order valence-electron chi connectivity index (χ3n) is 7.42. The third-order valence-corrected chi connectivity index (χ3v) is 7.42. The number of hydrogen-bond donors (Lipinski definition) is 1. The molecule has 1 aromatic carbocycles. The fourth-order valence-electron chi connectivity index (χ4n) is 5.29. The van der Waals surface area contributed by atoms with Gasteiger partial charge in [0.2, 0.25) is 0 Å². The lowest BCUT2D eigenvalue weighted by molar-refractivity contribution is -0.136. The Morgan fingerprint density at radius 1 is 0.941 bits per heavy atom. The summed E-state index contributed by atoms with van der Waals surface area (Å²) in [5.74, 6) is -0.539. The van der Waals surface area contributed by atoms with Crippen molar-refractivity contribution in [1.82, 2.24) is 14.7 Å². The summed E-state index contributed by atoms with van der Waals surface area (Å²) in [5.41, 5.74) is 5.44. The van der Waals surface area contributed by atoms with Crippen molar-refractivity contribution >= 4 is 18.0 Å². The zero-order valence-electron chi connectivity index (χ0n) is 20.1. The number of nitrogens with zero attached hydrogens (tertiary/aromatic N) is 3. The number of amides is 2. The lowest BCUT2D eigenvalue weighted by Gasteiger charge is -2.36. The van der Waals surface area contributed by atoms with E-state index in [9.17, 15) is 14.4 Å². The molecule has 0 unspecified atom stereocenters. The summed E-state index contributed by atoms with van der Waals surface area (Å²) in [6.07, 6.45) is 2.85. The molecule has 0 atom stereocenters. The predicted molar refractivity (Wildman–Crippen MR) is 124 cm³/mol. The quantitative estimate of drug-likeness (QED) is 0.655. The van der Waals surface area contributed by atoms with Crippen molar-refractivity contribution < 1.29 is 29.0 Å². The molecule has 1 N–H and O–H groups in total. The SMILES string of the molecule is CC1=C(N2CCN(C3CCN(CCc4ccc5c(c4C)COC5=O)CC3)C2=O)COC1=O.CO. The summed E-state index contributed by atoms with van der Waals surface area (Å²) in [4.78, 5) is 42.5. The first-order valence-electron chi connectivity index (χ1n) is 11.8. The maximum absolute atomic E-state index is 13.0. The van der Waals surface area contributed by atoms with Crippen molar-refractivity contribution in [1.29, 1.82) is 0 Å². The van der Waals surface area contributed by atoms with Crippen LogP contribution in [0, 0.1) is 6.92 Å². The summed E-state index contributed by atoms with van der Waals surface area (Å²) in [6.45, 7) is 8.59. The molecule has 9 nitrogen and oxygen atoms in total. The van der Waals surface area contributed by atoms with Gasteiger partial charge in [-0.05, 0) is 50.3 Å².